The van der Waals surface area contributed by atoms with E-state index in [4.69, 9.17) is 23.7 Å². The van der Waals surface area contributed by atoms with E-state index in [9.17, 15) is 0 Å². The molecule has 0 N–H and O–H groups in total. The molecule has 2 heterocycles. The van der Waals surface area contributed by atoms with Gasteiger partial charge in [-0.2, -0.15) is 0 Å². The molecule has 2 saturated heterocycles. The molecule has 0 amide bonds. The van der Waals surface area contributed by atoms with Gasteiger partial charge < -0.3 is 23.7 Å². The smallest absolute Gasteiger partial charge is 0.157 e. The summed E-state index contributed by atoms with van der Waals surface area (Å²) in [6, 6.07) is 0. The van der Waals surface area contributed by atoms with E-state index in [0.717, 1.165) is 51.2 Å². The summed E-state index contributed by atoms with van der Waals surface area (Å²) in [6.45, 7) is 4.41. The second kappa shape index (κ2) is 27.1. The van der Waals surface area contributed by atoms with Crippen molar-refractivity contribution in [3.05, 3.63) is 0 Å². The van der Waals surface area contributed by atoms with Crippen LogP contribution in [0.5, 0.6) is 0 Å². The van der Waals surface area contributed by atoms with Crippen molar-refractivity contribution < 1.29 is 23.7 Å². The van der Waals surface area contributed by atoms with E-state index >= 15 is 0 Å². The molecule has 0 aromatic carbocycles. The highest BCUT2D eigenvalue weighted by atomic mass is 79.9. The Morgan fingerprint density at radius 3 is 1.38 bits per heavy atom. The van der Waals surface area contributed by atoms with Crippen LogP contribution in [0.4, 0.5) is 0 Å². The molecule has 2 atom stereocenters. The average Bonchev–Trinajstić information content (AvgIpc) is 2.97. The van der Waals surface area contributed by atoms with Crippen LogP contribution in [0, 0.1) is 0 Å². The summed E-state index contributed by atoms with van der Waals surface area (Å²) in [5.74, 6) is 0. The number of ether oxygens (including phenoxy) is 5. The summed E-state index contributed by atoms with van der Waals surface area (Å²) >= 11 is 3.54. The minimum absolute atomic E-state index is 0.0746. The molecular weight excluding hydrogens is 556 g/mol. The monoisotopic (exact) mass is 618 g/mol. The lowest BCUT2D eigenvalue weighted by atomic mass is 10.0. The number of unbranched alkanes of at least 4 members (excludes halogenated alkanes) is 13. The molecule has 0 radical (unpaired) electrons. The van der Waals surface area contributed by atoms with Gasteiger partial charge in [-0.25, -0.2) is 0 Å². The molecule has 2 aliphatic heterocycles. The quantitative estimate of drug-likeness (QED) is 0.0677. The van der Waals surface area contributed by atoms with Crippen LogP contribution in [0.2, 0.25) is 0 Å². The number of hydrogen-bond acceptors (Lipinski definition) is 5. The summed E-state index contributed by atoms with van der Waals surface area (Å²) in [5.41, 5.74) is 0. The minimum atomic E-state index is 0.0746. The molecular formula is C33H63BrO5. The van der Waals surface area contributed by atoms with E-state index in [-0.39, 0.29) is 12.6 Å². The zero-order chi connectivity index (χ0) is 27.5. The number of halogens is 1. The molecule has 0 saturated carbocycles. The summed E-state index contributed by atoms with van der Waals surface area (Å²) in [7, 11) is 0. The highest BCUT2D eigenvalue weighted by Gasteiger charge is 2.14. The lowest BCUT2D eigenvalue weighted by molar-refractivity contribution is -0.163. The first kappa shape index (κ1) is 35.5. The zero-order valence-corrected chi connectivity index (χ0v) is 27.0. The normalized spacial score (nSPS) is 20.8. The molecule has 6 heteroatoms. The van der Waals surface area contributed by atoms with Crippen molar-refractivity contribution in [3.8, 4) is 0 Å². The molecule has 0 spiro atoms. The first-order chi connectivity index (χ1) is 19.4. The van der Waals surface area contributed by atoms with Crippen molar-refractivity contribution >= 4 is 15.9 Å². The molecule has 2 fully saturated rings. The standard InChI is InChI=1S/C33H63BrO5/c34-25-15-20-26-35-31(21-11-7-3-1-5-9-16-27-36-32-23-13-18-29-38-32)22-12-8-4-2-6-10-17-28-37-33-24-14-19-30-39-33/h31-33H,1-30H2. The molecule has 0 aliphatic carbocycles. The third-order valence-corrected chi connectivity index (χ3v) is 8.67. The Morgan fingerprint density at radius 1 is 0.513 bits per heavy atom. The summed E-state index contributed by atoms with van der Waals surface area (Å²) in [5, 5.41) is 1.09. The van der Waals surface area contributed by atoms with Gasteiger partial charge in [-0.3, -0.25) is 0 Å². The molecule has 2 aliphatic rings. The minimum Gasteiger partial charge on any atom is -0.378 e. The van der Waals surface area contributed by atoms with Crippen molar-refractivity contribution in [2.24, 2.45) is 0 Å². The van der Waals surface area contributed by atoms with Crippen LogP contribution in [0.1, 0.15) is 154 Å². The highest BCUT2D eigenvalue weighted by Crippen LogP contribution is 2.19. The molecule has 232 valence electrons. The van der Waals surface area contributed by atoms with Crippen molar-refractivity contribution in [3.63, 3.8) is 0 Å². The van der Waals surface area contributed by atoms with Crippen LogP contribution < -0.4 is 0 Å². The van der Waals surface area contributed by atoms with Gasteiger partial charge in [-0.1, -0.05) is 93.0 Å². The van der Waals surface area contributed by atoms with Crippen molar-refractivity contribution in [2.45, 2.75) is 173 Å². The van der Waals surface area contributed by atoms with Crippen molar-refractivity contribution in [1.82, 2.24) is 0 Å². The van der Waals surface area contributed by atoms with Gasteiger partial charge in [0.25, 0.3) is 0 Å². The summed E-state index contributed by atoms with van der Waals surface area (Å²) in [4.78, 5) is 0. The molecule has 0 bridgehead atoms. The van der Waals surface area contributed by atoms with Gasteiger partial charge in [0.1, 0.15) is 0 Å². The maximum atomic E-state index is 6.32. The third kappa shape index (κ3) is 21.6. The predicted octanol–water partition coefficient (Wildman–Crippen LogP) is 9.87. The van der Waals surface area contributed by atoms with Crippen LogP contribution in [-0.4, -0.2) is 57.0 Å². The van der Waals surface area contributed by atoms with E-state index in [1.165, 1.54) is 141 Å². The zero-order valence-electron chi connectivity index (χ0n) is 25.4. The van der Waals surface area contributed by atoms with Crippen LogP contribution in [0.3, 0.4) is 0 Å². The van der Waals surface area contributed by atoms with Crippen LogP contribution >= 0.6 is 15.9 Å². The van der Waals surface area contributed by atoms with Gasteiger partial charge in [0, 0.05) is 38.4 Å². The van der Waals surface area contributed by atoms with E-state index in [1.54, 1.807) is 0 Å². The van der Waals surface area contributed by atoms with Crippen LogP contribution in [-0.2, 0) is 23.7 Å². The Kier molecular flexibility index (Phi) is 24.7. The summed E-state index contributed by atoms with van der Waals surface area (Å²) in [6.07, 6.45) is 30.9. The Labute approximate surface area is 250 Å². The Morgan fingerprint density at radius 2 is 0.949 bits per heavy atom. The maximum absolute atomic E-state index is 6.32. The molecule has 2 unspecified atom stereocenters. The van der Waals surface area contributed by atoms with Gasteiger partial charge in [-0.15, -0.1) is 0 Å². The molecule has 0 aromatic heterocycles. The lowest BCUT2D eigenvalue weighted by Gasteiger charge is -2.22. The van der Waals surface area contributed by atoms with E-state index in [0.29, 0.717) is 6.10 Å². The number of alkyl halides is 1. The molecule has 39 heavy (non-hydrogen) atoms. The summed E-state index contributed by atoms with van der Waals surface area (Å²) < 4.78 is 29.3. The Bertz CT molecular complexity index is 458. The fraction of sp³-hybridized carbons (Fsp3) is 1.00. The first-order valence-corrected chi connectivity index (χ1v) is 18.1. The van der Waals surface area contributed by atoms with Gasteiger partial charge in [-0.05, 0) is 77.0 Å². The second-order valence-corrected chi connectivity index (χ2v) is 12.5. The fourth-order valence-corrected chi connectivity index (χ4v) is 5.98. The first-order valence-electron chi connectivity index (χ1n) is 17.0. The maximum Gasteiger partial charge on any atom is 0.157 e. The van der Waals surface area contributed by atoms with E-state index in [2.05, 4.69) is 15.9 Å². The van der Waals surface area contributed by atoms with E-state index < -0.39 is 0 Å². The van der Waals surface area contributed by atoms with E-state index in [1.807, 2.05) is 0 Å². The van der Waals surface area contributed by atoms with Crippen LogP contribution in [0.15, 0.2) is 0 Å². The van der Waals surface area contributed by atoms with Crippen LogP contribution in [0.25, 0.3) is 0 Å². The van der Waals surface area contributed by atoms with Gasteiger partial charge >= 0.3 is 0 Å². The fourth-order valence-electron chi connectivity index (χ4n) is 5.59. The highest BCUT2D eigenvalue weighted by molar-refractivity contribution is 9.09. The third-order valence-electron chi connectivity index (χ3n) is 8.11. The topological polar surface area (TPSA) is 46.2 Å². The van der Waals surface area contributed by atoms with Crippen molar-refractivity contribution in [2.75, 3.05) is 38.4 Å². The molecule has 2 rings (SSSR count). The number of rotatable bonds is 27. The lowest BCUT2D eigenvalue weighted by Crippen LogP contribution is -2.22. The predicted molar refractivity (Wildman–Crippen MR) is 166 cm³/mol. The second-order valence-electron chi connectivity index (χ2n) is 11.7. The SMILES string of the molecule is BrCCCCOC(CCCCCCCCCOC1CCCCO1)CCCCCCCCCOC1CCCCO1. The van der Waals surface area contributed by atoms with Gasteiger partial charge in [0.15, 0.2) is 12.6 Å². The molecule has 5 nitrogen and oxygen atoms in total. The van der Waals surface area contributed by atoms with Crippen molar-refractivity contribution in [1.29, 1.82) is 0 Å². The molecule has 0 aromatic rings. The average molecular weight is 620 g/mol. The van der Waals surface area contributed by atoms with Gasteiger partial charge in [0.2, 0.25) is 0 Å². The largest absolute Gasteiger partial charge is 0.378 e. The Balaban J connectivity index is 1.38. The van der Waals surface area contributed by atoms with Gasteiger partial charge in [0.05, 0.1) is 6.10 Å². The number of hydrogen-bond donors (Lipinski definition) is 0. The Hall–Kier alpha value is 0.280.